The normalized spacial score (nSPS) is 15.7. The first-order valence-electron chi connectivity index (χ1n) is 11.3. The van der Waals surface area contributed by atoms with Gasteiger partial charge in [-0.1, -0.05) is 29.8 Å². The van der Waals surface area contributed by atoms with Crippen LogP contribution >= 0.6 is 0 Å². The minimum absolute atomic E-state index is 0.669. The number of hydrogen-bond acceptors (Lipinski definition) is 7. The van der Waals surface area contributed by atoms with Crippen LogP contribution in [0.4, 0.5) is 0 Å². The zero-order valence-electron chi connectivity index (χ0n) is 19.9. The predicted molar refractivity (Wildman–Crippen MR) is 125 cm³/mol. The number of benzene rings is 1. The lowest BCUT2D eigenvalue weighted by Crippen LogP contribution is -2.42. The van der Waals surface area contributed by atoms with Gasteiger partial charge in [0.1, 0.15) is 0 Å². The van der Waals surface area contributed by atoms with Crippen LogP contribution in [-0.2, 0) is 33.1 Å². The van der Waals surface area contributed by atoms with Crippen molar-refractivity contribution >= 4 is 17.9 Å². The van der Waals surface area contributed by atoms with Crippen molar-refractivity contribution in [2.75, 3.05) is 13.1 Å². The van der Waals surface area contributed by atoms with Gasteiger partial charge in [0.15, 0.2) is 5.60 Å². The Balaban J connectivity index is 0.000000287. The molecule has 0 spiro atoms. The van der Waals surface area contributed by atoms with Gasteiger partial charge >= 0.3 is 17.9 Å². The summed E-state index contributed by atoms with van der Waals surface area (Å²) in [5, 5.41) is 49.1. The highest BCUT2D eigenvalue weighted by Gasteiger charge is 2.40. The van der Waals surface area contributed by atoms with Crippen LogP contribution in [0.1, 0.15) is 49.3 Å². The average molecular weight is 492 g/mol. The van der Waals surface area contributed by atoms with Gasteiger partial charge in [0.25, 0.3) is 0 Å². The molecule has 1 saturated heterocycles. The number of nitrogens with zero attached hydrogens (tertiary/aromatic N) is 3. The Morgan fingerprint density at radius 1 is 1.03 bits per heavy atom. The van der Waals surface area contributed by atoms with Gasteiger partial charge in [-0.3, -0.25) is 19.2 Å². The molecule has 2 aromatic rings. The zero-order valence-corrected chi connectivity index (χ0v) is 19.9. The minimum Gasteiger partial charge on any atom is -0.481 e. The summed E-state index contributed by atoms with van der Waals surface area (Å²) in [5.74, 6) is -5.02. The molecule has 0 aliphatic carbocycles. The smallest absolute Gasteiger partial charge is 0.336 e. The van der Waals surface area contributed by atoms with E-state index < -0.39 is 42.0 Å². The second kappa shape index (κ2) is 11.9. The molecule has 0 atom stereocenters. The third-order valence-electron chi connectivity index (χ3n) is 5.97. The highest BCUT2D eigenvalue weighted by Crippen LogP contribution is 2.33. The number of aryl methyl sites for hydroxylation is 2. The van der Waals surface area contributed by atoms with E-state index in [-0.39, 0.29) is 0 Å². The Hall–Kier alpha value is -3.28. The van der Waals surface area contributed by atoms with Crippen molar-refractivity contribution in [1.29, 1.82) is 0 Å². The van der Waals surface area contributed by atoms with Gasteiger partial charge in [-0.25, -0.2) is 4.79 Å². The van der Waals surface area contributed by atoms with Crippen LogP contribution in [0.5, 0.6) is 0 Å². The summed E-state index contributed by atoms with van der Waals surface area (Å²) in [6.07, 6.45) is 3.35. The second-order valence-electron chi connectivity index (χ2n) is 8.86. The molecule has 5 N–H and O–H groups in total. The molecule has 35 heavy (non-hydrogen) atoms. The third kappa shape index (κ3) is 8.16. The second-order valence-corrected chi connectivity index (χ2v) is 8.86. The van der Waals surface area contributed by atoms with Crippen molar-refractivity contribution < 1.29 is 39.9 Å². The number of aliphatic hydroxyl groups is 2. The predicted octanol–water partition coefficient (Wildman–Crippen LogP) is 1.45. The molecule has 0 unspecified atom stereocenters. The van der Waals surface area contributed by atoms with Crippen molar-refractivity contribution in [3.8, 4) is 0 Å². The van der Waals surface area contributed by atoms with Crippen LogP contribution in [0.25, 0.3) is 0 Å². The lowest BCUT2D eigenvalue weighted by Gasteiger charge is -2.38. The lowest BCUT2D eigenvalue weighted by atomic mass is 9.84. The minimum atomic E-state index is -2.74. The molecule has 1 fully saturated rings. The SMILES string of the molecule is CCn1cc(CN2CCC(O)(c3ccc(C)cc3)CC2)cn1.O=C(O)CC(O)(CC(=O)O)C(=O)O. The standard InChI is InChI=1S/C18H25N3O.C6H8O7/c1-3-21-14-16(12-19-21)13-20-10-8-18(22,9-11-20)17-6-4-15(2)5-7-17;7-3(8)1-6(13,5(11)12)2-4(9)10/h4-7,12,14,22H,3,8-11,13H2,1-2H3;13H,1-2H2,(H,7,8)(H,9,10)(H,11,12). The molecular formula is C24H33N3O8. The van der Waals surface area contributed by atoms with E-state index in [1.54, 1.807) is 0 Å². The molecule has 0 bridgehead atoms. The maximum Gasteiger partial charge on any atom is 0.336 e. The fraction of sp³-hybridized carbons (Fsp3) is 0.500. The van der Waals surface area contributed by atoms with Crippen LogP contribution in [0.15, 0.2) is 36.7 Å². The molecular weight excluding hydrogens is 458 g/mol. The van der Waals surface area contributed by atoms with E-state index in [0.29, 0.717) is 0 Å². The van der Waals surface area contributed by atoms with E-state index in [9.17, 15) is 19.5 Å². The molecule has 192 valence electrons. The van der Waals surface area contributed by atoms with Crippen molar-refractivity contribution in [1.82, 2.24) is 14.7 Å². The fourth-order valence-corrected chi connectivity index (χ4v) is 3.87. The van der Waals surface area contributed by atoms with E-state index in [1.807, 2.05) is 10.9 Å². The highest BCUT2D eigenvalue weighted by molar-refractivity contribution is 5.88. The number of carboxylic acids is 3. The molecule has 0 radical (unpaired) electrons. The first kappa shape index (κ1) is 28.0. The molecule has 0 saturated carbocycles. The quantitative estimate of drug-likeness (QED) is 0.345. The maximum absolute atomic E-state index is 10.9. The lowest BCUT2D eigenvalue weighted by molar-refractivity contribution is -0.170. The number of piperidine rings is 1. The number of aromatic nitrogens is 2. The first-order chi connectivity index (χ1) is 16.4. The van der Waals surface area contributed by atoms with Gasteiger partial charge in [0, 0.05) is 37.9 Å². The molecule has 1 aromatic carbocycles. The summed E-state index contributed by atoms with van der Waals surface area (Å²) in [5.41, 5.74) is 0.132. The van der Waals surface area contributed by atoms with Gasteiger partial charge in [-0.15, -0.1) is 0 Å². The Morgan fingerprint density at radius 2 is 1.57 bits per heavy atom. The Kier molecular flexibility index (Phi) is 9.52. The van der Waals surface area contributed by atoms with Gasteiger partial charge in [0.05, 0.1) is 24.6 Å². The van der Waals surface area contributed by atoms with Crippen molar-refractivity contribution in [3.63, 3.8) is 0 Å². The van der Waals surface area contributed by atoms with Crippen LogP contribution in [0.3, 0.4) is 0 Å². The first-order valence-corrected chi connectivity index (χ1v) is 11.3. The summed E-state index contributed by atoms with van der Waals surface area (Å²) >= 11 is 0. The molecule has 11 heteroatoms. The van der Waals surface area contributed by atoms with Crippen LogP contribution in [0.2, 0.25) is 0 Å². The Morgan fingerprint density at radius 3 is 2.00 bits per heavy atom. The van der Waals surface area contributed by atoms with E-state index >= 15 is 0 Å². The largest absolute Gasteiger partial charge is 0.481 e. The number of aliphatic carboxylic acids is 3. The number of hydrogen-bond donors (Lipinski definition) is 5. The Labute approximate surface area is 203 Å². The Bertz CT molecular complexity index is 994. The molecule has 2 heterocycles. The molecule has 1 aliphatic rings. The molecule has 0 amide bonds. The van der Waals surface area contributed by atoms with Crippen LogP contribution in [-0.4, -0.2) is 76.8 Å². The zero-order chi connectivity index (χ0) is 26.2. The van der Waals surface area contributed by atoms with Gasteiger partial charge < -0.3 is 25.5 Å². The van der Waals surface area contributed by atoms with Gasteiger partial charge in [-0.2, -0.15) is 5.10 Å². The fourth-order valence-electron chi connectivity index (χ4n) is 3.87. The molecule has 1 aliphatic heterocycles. The van der Waals surface area contributed by atoms with Crippen LogP contribution in [0, 0.1) is 6.92 Å². The molecule has 11 nitrogen and oxygen atoms in total. The van der Waals surface area contributed by atoms with E-state index in [2.05, 4.69) is 54.3 Å². The van der Waals surface area contributed by atoms with Crippen LogP contribution < -0.4 is 0 Å². The van der Waals surface area contributed by atoms with Gasteiger partial charge in [0.2, 0.25) is 0 Å². The number of carboxylic acid groups (broad SMARTS) is 3. The number of likely N-dealkylation sites (tertiary alicyclic amines) is 1. The monoisotopic (exact) mass is 491 g/mol. The summed E-state index contributed by atoms with van der Waals surface area (Å²) in [6.45, 7) is 7.84. The summed E-state index contributed by atoms with van der Waals surface area (Å²) in [7, 11) is 0. The number of carbonyl (C=O) groups is 3. The maximum atomic E-state index is 10.9. The van der Waals surface area contributed by atoms with Gasteiger partial charge in [-0.05, 0) is 32.3 Å². The topological polar surface area (TPSA) is 173 Å². The van der Waals surface area contributed by atoms with E-state index in [4.69, 9.17) is 20.4 Å². The third-order valence-corrected chi connectivity index (χ3v) is 5.97. The highest BCUT2D eigenvalue weighted by atomic mass is 16.4. The summed E-state index contributed by atoms with van der Waals surface area (Å²) < 4.78 is 1.96. The number of rotatable bonds is 9. The van der Waals surface area contributed by atoms with Crippen molar-refractivity contribution in [2.45, 2.75) is 63.8 Å². The van der Waals surface area contributed by atoms with E-state index in [0.717, 1.165) is 44.6 Å². The van der Waals surface area contributed by atoms with E-state index in [1.165, 1.54) is 11.1 Å². The average Bonchev–Trinajstić information content (AvgIpc) is 3.23. The van der Waals surface area contributed by atoms with Crippen molar-refractivity contribution in [3.05, 3.63) is 53.3 Å². The molecule has 1 aromatic heterocycles. The molecule has 3 rings (SSSR count). The summed E-state index contributed by atoms with van der Waals surface area (Å²) in [4.78, 5) is 32.9. The summed E-state index contributed by atoms with van der Waals surface area (Å²) in [6, 6.07) is 8.30. The van der Waals surface area contributed by atoms with Crippen molar-refractivity contribution in [2.24, 2.45) is 0 Å².